The maximum Gasteiger partial charge on any atom is 0.137 e. The van der Waals surface area contributed by atoms with Crippen LogP contribution in [0.3, 0.4) is 0 Å². The lowest BCUT2D eigenvalue weighted by Gasteiger charge is -2.16. The van der Waals surface area contributed by atoms with Crippen molar-refractivity contribution < 1.29 is 9.47 Å². The zero-order valence-electron chi connectivity index (χ0n) is 10.2. The minimum Gasteiger partial charge on any atom is -0.492 e. The largest absolute Gasteiger partial charge is 0.492 e. The predicted molar refractivity (Wildman–Crippen MR) is 63.7 cm³/mol. The zero-order chi connectivity index (χ0) is 11.8. The first-order valence-corrected chi connectivity index (χ1v) is 5.55. The van der Waals surface area contributed by atoms with Crippen LogP contribution in [0.1, 0.15) is 24.9 Å². The van der Waals surface area contributed by atoms with Crippen molar-refractivity contribution in [3.8, 4) is 5.75 Å². The zero-order valence-corrected chi connectivity index (χ0v) is 10.2. The third-order valence-electron chi connectivity index (χ3n) is 2.41. The summed E-state index contributed by atoms with van der Waals surface area (Å²) in [5.74, 6) is 0.817. The lowest BCUT2D eigenvalue weighted by molar-refractivity contribution is 0.184. The highest BCUT2D eigenvalue weighted by molar-refractivity contribution is 5.25. The summed E-state index contributed by atoms with van der Waals surface area (Å²) < 4.78 is 10.5. The molecular formula is C12H20N2O2. The van der Waals surface area contributed by atoms with Gasteiger partial charge in [-0.1, -0.05) is 0 Å². The molecule has 1 aromatic rings. The van der Waals surface area contributed by atoms with Gasteiger partial charge in [-0.25, -0.2) is 0 Å². The molecule has 0 fully saturated rings. The van der Waals surface area contributed by atoms with E-state index in [1.807, 2.05) is 26.2 Å². The second-order valence-corrected chi connectivity index (χ2v) is 3.51. The van der Waals surface area contributed by atoms with Crippen LogP contribution in [0.4, 0.5) is 0 Å². The van der Waals surface area contributed by atoms with Crippen LogP contribution >= 0.6 is 0 Å². The van der Waals surface area contributed by atoms with Crippen LogP contribution in [0.5, 0.6) is 5.75 Å². The third kappa shape index (κ3) is 3.79. The van der Waals surface area contributed by atoms with Crippen molar-refractivity contribution in [2.24, 2.45) is 0 Å². The second-order valence-electron chi connectivity index (χ2n) is 3.51. The van der Waals surface area contributed by atoms with Crippen molar-refractivity contribution in [3.63, 3.8) is 0 Å². The van der Waals surface area contributed by atoms with E-state index in [9.17, 15) is 0 Å². The Bertz CT molecular complexity index is 305. The summed E-state index contributed by atoms with van der Waals surface area (Å²) in [5.41, 5.74) is 1.13. The van der Waals surface area contributed by atoms with Crippen molar-refractivity contribution in [1.29, 1.82) is 0 Å². The quantitative estimate of drug-likeness (QED) is 0.766. The molecule has 1 heterocycles. The Balaban J connectivity index is 2.71. The molecule has 0 bridgehead atoms. The number of hydrogen-bond acceptors (Lipinski definition) is 4. The van der Waals surface area contributed by atoms with Gasteiger partial charge in [0.1, 0.15) is 5.75 Å². The van der Waals surface area contributed by atoms with Crippen molar-refractivity contribution >= 4 is 0 Å². The summed E-state index contributed by atoms with van der Waals surface area (Å²) in [4.78, 5) is 4.17. The molecule has 0 amide bonds. The molecule has 0 aliphatic heterocycles. The summed E-state index contributed by atoms with van der Waals surface area (Å²) in [6.45, 7) is 3.35. The number of nitrogens with zero attached hydrogens (tertiary/aromatic N) is 1. The topological polar surface area (TPSA) is 43.4 Å². The summed E-state index contributed by atoms with van der Waals surface area (Å²) in [6, 6.07) is 2.28. The normalized spacial score (nSPS) is 12.4. The lowest BCUT2D eigenvalue weighted by Crippen LogP contribution is -2.18. The van der Waals surface area contributed by atoms with Crippen molar-refractivity contribution in [2.75, 3.05) is 27.4 Å². The van der Waals surface area contributed by atoms with Gasteiger partial charge in [0.25, 0.3) is 0 Å². The molecule has 1 aromatic heterocycles. The number of rotatable bonds is 7. The van der Waals surface area contributed by atoms with Crippen LogP contribution < -0.4 is 10.1 Å². The fourth-order valence-electron chi connectivity index (χ4n) is 1.59. The Kier molecular flexibility index (Phi) is 5.82. The molecule has 0 spiro atoms. The Morgan fingerprint density at radius 1 is 1.44 bits per heavy atom. The molecule has 0 aromatic carbocycles. The van der Waals surface area contributed by atoms with Crippen LogP contribution in [-0.4, -0.2) is 32.4 Å². The van der Waals surface area contributed by atoms with E-state index in [1.165, 1.54) is 0 Å². The first-order valence-electron chi connectivity index (χ1n) is 5.55. The first kappa shape index (κ1) is 12.9. The number of nitrogens with one attached hydrogen (secondary N) is 1. The van der Waals surface area contributed by atoms with E-state index in [1.54, 1.807) is 13.3 Å². The van der Waals surface area contributed by atoms with Crippen LogP contribution in [0.15, 0.2) is 18.5 Å². The number of ether oxygens (including phenoxy) is 2. The maximum absolute atomic E-state index is 5.42. The summed E-state index contributed by atoms with van der Waals surface area (Å²) in [5, 5.41) is 3.25. The molecule has 4 nitrogen and oxygen atoms in total. The van der Waals surface area contributed by atoms with Gasteiger partial charge in [-0.05, 0) is 32.0 Å². The number of methoxy groups -OCH3 is 1. The van der Waals surface area contributed by atoms with Gasteiger partial charge < -0.3 is 14.8 Å². The Morgan fingerprint density at radius 2 is 2.25 bits per heavy atom. The predicted octanol–water partition coefficient (Wildman–Crippen LogP) is 1.78. The van der Waals surface area contributed by atoms with E-state index in [0.29, 0.717) is 6.61 Å². The van der Waals surface area contributed by atoms with Crippen LogP contribution in [0.25, 0.3) is 0 Å². The second kappa shape index (κ2) is 7.19. The minimum absolute atomic E-state index is 0.257. The molecule has 1 N–H and O–H groups in total. The highest BCUT2D eigenvalue weighted by atomic mass is 16.5. The van der Waals surface area contributed by atoms with E-state index in [2.05, 4.69) is 10.3 Å². The molecule has 1 rings (SSSR count). The smallest absolute Gasteiger partial charge is 0.137 e. The van der Waals surface area contributed by atoms with Crippen molar-refractivity contribution in [2.45, 2.75) is 19.4 Å². The molecular weight excluding hydrogens is 204 g/mol. The van der Waals surface area contributed by atoms with Crippen molar-refractivity contribution in [1.82, 2.24) is 10.3 Å². The molecule has 16 heavy (non-hydrogen) atoms. The molecule has 0 aliphatic carbocycles. The van der Waals surface area contributed by atoms with Crippen LogP contribution in [0, 0.1) is 0 Å². The fourth-order valence-corrected chi connectivity index (χ4v) is 1.59. The summed E-state index contributed by atoms with van der Waals surface area (Å²) in [6.07, 6.45) is 4.51. The Morgan fingerprint density at radius 3 is 2.88 bits per heavy atom. The molecule has 0 saturated carbocycles. The first-order chi connectivity index (χ1) is 7.81. The maximum atomic E-state index is 5.42. The van der Waals surface area contributed by atoms with Gasteiger partial charge in [0.2, 0.25) is 0 Å². The monoisotopic (exact) mass is 224 g/mol. The van der Waals surface area contributed by atoms with Gasteiger partial charge in [0.15, 0.2) is 0 Å². The Labute approximate surface area is 97.0 Å². The van der Waals surface area contributed by atoms with E-state index in [0.717, 1.165) is 24.3 Å². The van der Waals surface area contributed by atoms with Crippen LogP contribution in [0.2, 0.25) is 0 Å². The molecule has 0 radical (unpaired) electrons. The number of pyridine rings is 1. The average Bonchev–Trinajstić information content (AvgIpc) is 2.31. The fraction of sp³-hybridized carbons (Fsp3) is 0.583. The SMILES string of the molecule is CCOc1cncc(C(CCOC)NC)c1. The summed E-state index contributed by atoms with van der Waals surface area (Å²) >= 11 is 0. The van der Waals surface area contributed by atoms with E-state index >= 15 is 0 Å². The third-order valence-corrected chi connectivity index (χ3v) is 2.41. The highest BCUT2D eigenvalue weighted by Crippen LogP contribution is 2.20. The van der Waals surface area contributed by atoms with Gasteiger partial charge >= 0.3 is 0 Å². The van der Waals surface area contributed by atoms with Gasteiger partial charge in [0.05, 0.1) is 12.8 Å². The summed E-state index contributed by atoms with van der Waals surface area (Å²) in [7, 11) is 3.65. The lowest BCUT2D eigenvalue weighted by atomic mass is 10.1. The standard InChI is InChI=1S/C12H20N2O2/c1-4-16-11-7-10(8-14-9-11)12(13-2)5-6-15-3/h7-9,12-13H,4-6H2,1-3H3. The Hall–Kier alpha value is -1.13. The van der Waals surface area contributed by atoms with E-state index in [4.69, 9.17) is 9.47 Å². The molecule has 90 valence electrons. The van der Waals surface area contributed by atoms with Crippen molar-refractivity contribution in [3.05, 3.63) is 24.0 Å². The van der Waals surface area contributed by atoms with Gasteiger partial charge in [-0.15, -0.1) is 0 Å². The molecule has 0 aliphatic rings. The molecule has 0 saturated heterocycles. The number of hydrogen-bond donors (Lipinski definition) is 1. The average molecular weight is 224 g/mol. The van der Waals surface area contributed by atoms with E-state index < -0.39 is 0 Å². The highest BCUT2D eigenvalue weighted by Gasteiger charge is 2.10. The van der Waals surface area contributed by atoms with Crippen LogP contribution in [-0.2, 0) is 4.74 Å². The van der Waals surface area contributed by atoms with Gasteiger partial charge in [-0.2, -0.15) is 0 Å². The molecule has 1 unspecified atom stereocenters. The van der Waals surface area contributed by atoms with Gasteiger partial charge in [0, 0.05) is 26.0 Å². The molecule has 4 heteroatoms. The van der Waals surface area contributed by atoms with Gasteiger partial charge in [-0.3, -0.25) is 4.98 Å². The minimum atomic E-state index is 0.257. The van der Waals surface area contributed by atoms with E-state index in [-0.39, 0.29) is 6.04 Å². The number of aromatic nitrogens is 1. The molecule has 1 atom stereocenters.